The number of nitrogens with zero attached hydrogens (tertiary/aromatic N) is 2. The van der Waals surface area contributed by atoms with Crippen molar-refractivity contribution in [1.82, 2.24) is 9.29 Å². The zero-order valence-electron chi connectivity index (χ0n) is 14.8. The molecule has 152 valence electrons. The van der Waals surface area contributed by atoms with Gasteiger partial charge in [-0.15, -0.1) is 22.7 Å². The number of thiazole rings is 1. The Morgan fingerprint density at radius 3 is 2.62 bits per heavy atom. The molecule has 11 heteroatoms. The van der Waals surface area contributed by atoms with Crippen LogP contribution in [-0.4, -0.2) is 36.2 Å². The van der Waals surface area contributed by atoms with Crippen molar-refractivity contribution in [3.8, 4) is 10.6 Å². The van der Waals surface area contributed by atoms with Crippen molar-refractivity contribution >= 4 is 66.9 Å². The first kappa shape index (κ1) is 20.8. The topological polar surface area (TPSA) is 79.4 Å². The molecule has 0 aliphatic carbocycles. The molecule has 6 nitrogen and oxygen atoms in total. The Labute approximate surface area is 186 Å². The van der Waals surface area contributed by atoms with E-state index in [1.807, 2.05) is 11.4 Å². The molecule has 3 heterocycles. The van der Waals surface area contributed by atoms with Crippen molar-refractivity contribution in [3.05, 3.63) is 51.1 Å². The van der Waals surface area contributed by atoms with Gasteiger partial charge in [0, 0.05) is 16.9 Å². The van der Waals surface area contributed by atoms with Gasteiger partial charge in [-0.25, -0.2) is 13.4 Å². The predicted octanol–water partition coefficient (Wildman–Crippen LogP) is 4.97. The summed E-state index contributed by atoms with van der Waals surface area (Å²) in [7, 11) is -3.79. The van der Waals surface area contributed by atoms with Gasteiger partial charge in [0.25, 0.3) is 0 Å². The van der Waals surface area contributed by atoms with Gasteiger partial charge in [0.1, 0.15) is 6.04 Å². The van der Waals surface area contributed by atoms with Crippen LogP contribution in [0.25, 0.3) is 10.6 Å². The van der Waals surface area contributed by atoms with Crippen molar-refractivity contribution in [2.24, 2.45) is 0 Å². The normalized spacial score (nSPS) is 17.5. The van der Waals surface area contributed by atoms with Crippen LogP contribution in [0.2, 0.25) is 9.36 Å². The van der Waals surface area contributed by atoms with Crippen molar-refractivity contribution < 1.29 is 13.2 Å². The minimum absolute atomic E-state index is 0.118. The molecule has 0 spiro atoms. The first-order valence-corrected chi connectivity index (χ1v) is 12.5. The Morgan fingerprint density at radius 1 is 1.17 bits per heavy atom. The van der Waals surface area contributed by atoms with Crippen LogP contribution in [0.5, 0.6) is 0 Å². The molecular weight excluding hydrogens is 473 g/mol. The molecule has 1 N–H and O–H groups in total. The largest absolute Gasteiger partial charge is 0.301 e. The molecule has 29 heavy (non-hydrogen) atoms. The van der Waals surface area contributed by atoms with E-state index in [1.165, 1.54) is 51.2 Å². The molecule has 1 atom stereocenters. The molecule has 1 saturated heterocycles. The van der Waals surface area contributed by atoms with Crippen molar-refractivity contribution in [2.45, 2.75) is 23.8 Å². The minimum Gasteiger partial charge on any atom is -0.301 e. The van der Waals surface area contributed by atoms with E-state index in [-0.39, 0.29) is 10.8 Å². The number of rotatable bonds is 5. The number of anilines is 1. The molecule has 1 aliphatic heterocycles. The molecule has 0 saturated carbocycles. The standard InChI is InChI=1S/C18H15Cl2N3O3S3/c19-11-3-5-12(6-4-11)29(25,26)23-9-1-2-14(23)17(24)22-18-21-13(10-27-18)15-7-8-16(20)28-15/h3-8,10,14H,1-2,9H2,(H,21,22,24). The minimum atomic E-state index is -3.79. The third-order valence-corrected chi connectivity index (χ3v) is 8.67. The Kier molecular flexibility index (Phi) is 5.97. The second-order valence-electron chi connectivity index (χ2n) is 6.36. The number of halogens is 2. The lowest BCUT2D eigenvalue weighted by Gasteiger charge is -2.23. The van der Waals surface area contributed by atoms with Gasteiger partial charge in [0.15, 0.2) is 5.13 Å². The van der Waals surface area contributed by atoms with Crippen LogP contribution >= 0.6 is 45.9 Å². The summed E-state index contributed by atoms with van der Waals surface area (Å²) < 4.78 is 27.9. The van der Waals surface area contributed by atoms with E-state index in [0.29, 0.717) is 33.9 Å². The molecule has 2 aromatic heterocycles. The van der Waals surface area contributed by atoms with Gasteiger partial charge in [0.2, 0.25) is 15.9 Å². The van der Waals surface area contributed by atoms with Crippen LogP contribution in [0, 0.1) is 0 Å². The number of aromatic nitrogens is 1. The Bertz CT molecular complexity index is 1140. The highest BCUT2D eigenvalue weighted by Gasteiger charge is 2.39. The first-order valence-electron chi connectivity index (χ1n) is 8.64. The van der Waals surface area contributed by atoms with E-state index < -0.39 is 16.1 Å². The number of sulfonamides is 1. The summed E-state index contributed by atoms with van der Waals surface area (Å²) in [4.78, 5) is 18.3. The maximum atomic E-state index is 13.0. The summed E-state index contributed by atoms with van der Waals surface area (Å²) in [6, 6.07) is 8.82. The maximum absolute atomic E-state index is 13.0. The summed E-state index contributed by atoms with van der Waals surface area (Å²) in [6.45, 7) is 0.292. The average molecular weight is 488 g/mol. The molecule has 0 radical (unpaired) electrons. The van der Waals surface area contributed by atoms with Crippen molar-refractivity contribution in [3.63, 3.8) is 0 Å². The number of carbonyl (C=O) groups excluding carboxylic acids is 1. The summed E-state index contributed by atoms with van der Waals surface area (Å²) in [5.74, 6) is -0.384. The van der Waals surface area contributed by atoms with Crippen LogP contribution in [0.3, 0.4) is 0 Å². The van der Waals surface area contributed by atoms with Gasteiger partial charge >= 0.3 is 0 Å². The fourth-order valence-corrected chi connectivity index (χ4v) is 6.69. The Balaban J connectivity index is 1.51. The number of thiophene rings is 1. The number of nitrogens with one attached hydrogen (secondary N) is 1. The van der Waals surface area contributed by atoms with Crippen molar-refractivity contribution in [1.29, 1.82) is 0 Å². The van der Waals surface area contributed by atoms with Gasteiger partial charge in [-0.2, -0.15) is 4.31 Å². The zero-order valence-corrected chi connectivity index (χ0v) is 18.8. The SMILES string of the molecule is O=C(Nc1nc(-c2ccc(Cl)s2)cs1)C1CCCN1S(=O)(=O)c1ccc(Cl)cc1. The second-order valence-corrected chi connectivity index (χ2v) is 11.3. The molecule has 4 rings (SSSR count). The third kappa shape index (κ3) is 4.35. The first-order chi connectivity index (χ1) is 13.8. The monoisotopic (exact) mass is 487 g/mol. The number of hydrogen-bond acceptors (Lipinski definition) is 6. The second kappa shape index (κ2) is 8.33. The summed E-state index contributed by atoms with van der Waals surface area (Å²) in [5.41, 5.74) is 0.722. The highest BCUT2D eigenvalue weighted by atomic mass is 35.5. The molecule has 1 aliphatic rings. The lowest BCUT2D eigenvalue weighted by molar-refractivity contribution is -0.119. The van der Waals surface area contributed by atoms with Gasteiger partial charge in [-0.05, 0) is 49.2 Å². The fourth-order valence-electron chi connectivity index (χ4n) is 3.12. The van der Waals surface area contributed by atoms with Crippen molar-refractivity contribution in [2.75, 3.05) is 11.9 Å². The number of carbonyl (C=O) groups is 1. The van der Waals surface area contributed by atoms with Crippen LogP contribution in [0.15, 0.2) is 46.7 Å². The third-order valence-electron chi connectivity index (χ3n) is 4.49. The highest BCUT2D eigenvalue weighted by Crippen LogP contribution is 2.33. The molecule has 0 bridgehead atoms. The Morgan fingerprint density at radius 2 is 1.93 bits per heavy atom. The van der Waals surface area contributed by atoms with Crippen LogP contribution < -0.4 is 5.32 Å². The fraction of sp³-hybridized carbons (Fsp3) is 0.222. The van der Waals surface area contributed by atoms with Gasteiger partial charge < -0.3 is 5.32 Å². The Hall–Kier alpha value is -1.49. The number of benzene rings is 1. The van der Waals surface area contributed by atoms with Gasteiger partial charge in [0.05, 0.1) is 19.8 Å². The van der Waals surface area contributed by atoms with E-state index in [1.54, 1.807) is 6.07 Å². The van der Waals surface area contributed by atoms with Gasteiger partial charge in [-0.3, -0.25) is 4.79 Å². The summed E-state index contributed by atoms with van der Waals surface area (Å²) in [5, 5.41) is 5.46. The highest BCUT2D eigenvalue weighted by molar-refractivity contribution is 7.89. The lowest BCUT2D eigenvalue weighted by Crippen LogP contribution is -2.43. The van der Waals surface area contributed by atoms with E-state index >= 15 is 0 Å². The number of hydrogen-bond donors (Lipinski definition) is 1. The quantitative estimate of drug-likeness (QED) is 0.550. The molecule has 1 fully saturated rings. The van der Waals surface area contributed by atoms with Crippen LogP contribution in [0.4, 0.5) is 5.13 Å². The predicted molar refractivity (Wildman–Crippen MR) is 117 cm³/mol. The van der Waals surface area contributed by atoms with E-state index in [4.69, 9.17) is 23.2 Å². The molecular formula is C18H15Cl2N3O3S3. The summed E-state index contributed by atoms with van der Waals surface area (Å²) >= 11 is 14.5. The van der Waals surface area contributed by atoms with E-state index in [2.05, 4.69) is 10.3 Å². The molecule has 3 aromatic rings. The van der Waals surface area contributed by atoms with E-state index in [9.17, 15) is 13.2 Å². The smallest absolute Gasteiger partial charge is 0.244 e. The average Bonchev–Trinajstić information content (AvgIpc) is 3.42. The van der Waals surface area contributed by atoms with Crippen LogP contribution in [-0.2, 0) is 14.8 Å². The molecule has 1 amide bonds. The zero-order chi connectivity index (χ0) is 20.6. The maximum Gasteiger partial charge on any atom is 0.244 e. The summed E-state index contributed by atoms with van der Waals surface area (Å²) in [6.07, 6.45) is 1.07. The van der Waals surface area contributed by atoms with E-state index in [0.717, 1.165) is 10.6 Å². The van der Waals surface area contributed by atoms with Gasteiger partial charge in [-0.1, -0.05) is 23.2 Å². The molecule has 1 aromatic carbocycles. The molecule has 1 unspecified atom stereocenters. The van der Waals surface area contributed by atoms with Crippen LogP contribution in [0.1, 0.15) is 12.8 Å². The lowest BCUT2D eigenvalue weighted by atomic mass is 10.2. The number of amides is 1.